The van der Waals surface area contributed by atoms with E-state index < -0.39 is 0 Å². The highest BCUT2D eigenvalue weighted by atomic mass is 16.5. The summed E-state index contributed by atoms with van der Waals surface area (Å²) in [6.45, 7) is 10.2. The maximum absolute atomic E-state index is 5.11. The molecule has 90 valence electrons. The van der Waals surface area contributed by atoms with E-state index in [2.05, 4.69) is 24.1 Å². The molecule has 1 rings (SSSR count). The predicted molar refractivity (Wildman–Crippen MR) is 64.2 cm³/mol. The smallest absolute Gasteiger partial charge is 0.0613 e. The molecule has 0 saturated carbocycles. The maximum atomic E-state index is 5.11. The second-order valence-electron chi connectivity index (χ2n) is 4.64. The molecule has 0 spiro atoms. The fourth-order valence-corrected chi connectivity index (χ4v) is 2.18. The third-order valence-electron chi connectivity index (χ3n) is 3.33. The molecular formula is C12H26N2O. The molecule has 15 heavy (non-hydrogen) atoms. The van der Waals surface area contributed by atoms with Gasteiger partial charge in [-0.15, -0.1) is 0 Å². The van der Waals surface area contributed by atoms with E-state index in [1.165, 1.54) is 32.5 Å². The average molecular weight is 214 g/mol. The number of rotatable bonds is 6. The van der Waals surface area contributed by atoms with Crippen molar-refractivity contribution in [3.63, 3.8) is 0 Å². The normalized spacial score (nSPS) is 21.8. The summed E-state index contributed by atoms with van der Waals surface area (Å²) < 4.78 is 5.11. The maximum Gasteiger partial charge on any atom is 0.0613 e. The van der Waals surface area contributed by atoms with Gasteiger partial charge in [0.05, 0.1) is 6.61 Å². The zero-order valence-corrected chi connectivity index (χ0v) is 10.5. The summed E-state index contributed by atoms with van der Waals surface area (Å²) in [7, 11) is 1.76. The topological polar surface area (TPSA) is 24.5 Å². The van der Waals surface area contributed by atoms with Crippen LogP contribution in [-0.2, 0) is 4.74 Å². The first-order chi connectivity index (χ1) is 7.26. The average Bonchev–Trinajstić information content (AvgIpc) is 2.27. The Kier molecular flexibility index (Phi) is 6.22. The van der Waals surface area contributed by atoms with Gasteiger partial charge in [-0.05, 0) is 51.9 Å². The van der Waals surface area contributed by atoms with Crippen molar-refractivity contribution in [2.75, 3.05) is 39.9 Å². The number of ether oxygens (including phenoxy) is 1. The molecule has 3 nitrogen and oxygen atoms in total. The molecule has 0 aromatic carbocycles. The summed E-state index contributed by atoms with van der Waals surface area (Å²) in [5, 5.41) is 3.54. The third kappa shape index (κ3) is 4.96. The first-order valence-corrected chi connectivity index (χ1v) is 6.21. The molecule has 1 atom stereocenters. The van der Waals surface area contributed by atoms with Gasteiger partial charge in [-0.2, -0.15) is 0 Å². The Balaban J connectivity index is 2.08. The quantitative estimate of drug-likeness (QED) is 0.722. The minimum atomic E-state index is 0.485. The molecule has 1 unspecified atom stereocenters. The lowest BCUT2D eigenvalue weighted by atomic mass is 9.96. The van der Waals surface area contributed by atoms with E-state index in [4.69, 9.17) is 4.74 Å². The Bertz CT molecular complexity index is 156. The van der Waals surface area contributed by atoms with Gasteiger partial charge in [0.1, 0.15) is 0 Å². The van der Waals surface area contributed by atoms with Crippen LogP contribution in [0.3, 0.4) is 0 Å². The summed E-state index contributed by atoms with van der Waals surface area (Å²) >= 11 is 0. The van der Waals surface area contributed by atoms with Crippen LogP contribution in [0.15, 0.2) is 0 Å². The van der Waals surface area contributed by atoms with Crippen molar-refractivity contribution >= 4 is 0 Å². The molecule has 0 aromatic rings. The molecule has 3 heteroatoms. The number of methoxy groups -OCH3 is 1. The summed E-state index contributed by atoms with van der Waals surface area (Å²) in [4.78, 5) is 2.54. The SMILES string of the molecule is CCN1CCC(CNC(C)COC)CC1. The fraction of sp³-hybridized carbons (Fsp3) is 1.00. The van der Waals surface area contributed by atoms with Crippen molar-refractivity contribution < 1.29 is 4.74 Å². The molecule has 0 radical (unpaired) electrons. The summed E-state index contributed by atoms with van der Waals surface area (Å²) in [6.07, 6.45) is 2.70. The highest BCUT2D eigenvalue weighted by Crippen LogP contribution is 2.15. The Labute approximate surface area is 94.2 Å². The molecular weight excluding hydrogens is 188 g/mol. The Hall–Kier alpha value is -0.120. The van der Waals surface area contributed by atoms with Crippen molar-refractivity contribution in [2.45, 2.75) is 32.7 Å². The van der Waals surface area contributed by atoms with Crippen LogP contribution >= 0.6 is 0 Å². The molecule has 0 bridgehead atoms. The second-order valence-corrected chi connectivity index (χ2v) is 4.64. The second kappa shape index (κ2) is 7.20. The zero-order valence-electron chi connectivity index (χ0n) is 10.5. The number of likely N-dealkylation sites (tertiary alicyclic amines) is 1. The van der Waals surface area contributed by atoms with E-state index in [0.717, 1.165) is 19.1 Å². The van der Waals surface area contributed by atoms with Crippen LogP contribution < -0.4 is 5.32 Å². The lowest BCUT2D eigenvalue weighted by molar-refractivity contribution is 0.158. The van der Waals surface area contributed by atoms with Crippen molar-refractivity contribution in [1.82, 2.24) is 10.2 Å². The van der Waals surface area contributed by atoms with Gasteiger partial charge >= 0.3 is 0 Å². The van der Waals surface area contributed by atoms with E-state index >= 15 is 0 Å². The Morgan fingerprint density at radius 1 is 1.40 bits per heavy atom. The molecule has 1 aliphatic heterocycles. The van der Waals surface area contributed by atoms with Gasteiger partial charge in [0.2, 0.25) is 0 Å². The van der Waals surface area contributed by atoms with Gasteiger partial charge in [-0.1, -0.05) is 6.92 Å². The van der Waals surface area contributed by atoms with E-state index in [0.29, 0.717) is 6.04 Å². The van der Waals surface area contributed by atoms with Crippen LogP contribution in [-0.4, -0.2) is 50.8 Å². The molecule has 1 saturated heterocycles. The highest BCUT2D eigenvalue weighted by Gasteiger charge is 2.17. The van der Waals surface area contributed by atoms with E-state index in [1.54, 1.807) is 7.11 Å². The molecule has 0 aliphatic carbocycles. The van der Waals surface area contributed by atoms with Crippen molar-refractivity contribution in [1.29, 1.82) is 0 Å². The minimum Gasteiger partial charge on any atom is -0.383 e. The lowest BCUT2D eigenvalue weighted by Crippen LogP contribution is -2.40. The van der Waals surface area contributed by atoms with Gasteiger partial charge in [-0.3, -0.25) is 0 Å². The third-order valence-corrected chi connectivity index (χ3v) is 3.33. The number of hydrogen-bond donors (Lipinski definition) is 1. The van der Waals surface area contributed by atoms with Gasteiger partial charge in [0.15, 0.2) is 0 Å². The molecule has 0 aromatic heterocycles. The van der Waals surface area contributed by atoms with E-state index in [1.807, 2.05) is 0 Å². The van der Waals surface area contributed by atoms with Gasteiger partial charge in [-0.25, -0.2) is 0 Å². The fourth-order valence-electron chi connectivity index (χ4n) is 2.18. The van der Waals surface area contributed by atoms with Crippen molar-refractivity contribution in [2.24, 2.45) is 5.92 Å². The standard InChI is InChI=1S/C12H26N2O/c1-4-14-7-5-12(6-8-14)9-13-11(2)10-15-3/h11-13H,4-10H2,1-3H3. The summed E-state index contributed by atoms with van der Waals surface area (Å²) in [5.41, 5.74) is 0. The first kappa shape index (κ1) is 12.9. The van der Waals surface area contributed by atoms with Crippen LogP contribution in [0.1, 0.15) is 26.7 Å². The summed E-state index contributed by atoms with van der Waals surface area (Å²) in [5.74, 6) is 0.868. The number of piperidine rings is 1. The predicted octanol–water partition coefficient (Wildman–Crippen LogP) is 1.34. The van der Waals surface area contributed by atoms with Crippen LogP contribution in [0.4, 0.5) is 0 Å². The van der Waals surface area contributed by atoms with Crippen LogP contribution in [0.2, 0.25) is 0 Å². The monoisotopic (exact) mass is 214 g/mol. The van der Waals surface area contributed by atoms with E-state index in [-0.39, 0.29) is 0 Å². The molecule has 1 aliphatic rings. The summed E-state index contributed by atoms with van der Waals surface area (Å²) in [6, 6.07) is 0.485. The largest absolute Gasteiger partial charge is 0.383 e. The van der Waals surface area contributed by atoms with Crippen LogP contribution in [0.25, 0.3) is 0 Å². The van der Waals surface area contributed by atoms with Gasteiger partial charge in [0, 0.05) is 13.2 Å². The highest BCUT2D eigenvalue weighted by molar-refractivity contribution is 4.74. The van der Waals surface area contributed by atoms with Crippen molar-refractivity contribution in [3.8, 4) is 0 Å². The molecule has 1 heterocycles. The van der Waals surface area contributed by atoms with Crippen LogP contribution in [0, 0.1) is 5.92 Å². The minimum absolute atomic E-state index is 0.485. The van der Waals surface area contributed by atoms with Gasteiger partial charge in [0.25, 0.3) is 0 Å². The number of nitrogens with zero attached hydrogens (tertiary/aromatic N) is 1. The Morgan fingerprint density at radius 2 is 2.07 bits per heavy atom. The first-order valence-electron chi connectivity index (χ1n) is 6.21. The number of nitrogens with one attached hydrogen (secondary N) is 1. The zero-order chi connectivity index (χ0) is 11.1. The van der Waals surface area contributed by atoms with E-state index in [9.17, 15) is 0 Å². The van der Waals surface area contributed by atoms with Crippen LogP contribution in [0.5, 0.6) is 0 Å². The van der Waals surface area contributed by atoms with Crippen molar-refractivity contribution in [3.05, 3.63) is 0 Å². The molecule has 1 fully saturated rings. The molecule has 0 amide bonds. The Morgan fingerprint density at radius 3 is 2.60 bits per heavy atom. The molecule has 1 N–H and O–H groups in total. The van der Waals surface area contributed by atoms with Gasteiger partial charge < -0.3 is 15.0 Å². The lowest BCUT2D eigenvalue weighted by Gasteiger charge is -2.31. The number of hydrogen-bond acceptors (Lipinski definition) is 3.